The van der Waals surface area contributed by atoms with Crippen molar-refractivity contribution in [3.05, 3.63) is 72.4 Å². The summed E-state index contributed by atoms with van der Waals surface area (Å²) >= 11 is 1.27. The van der Waals surface area contributed by atoms with Gasteiger partial charge in [0, 0.05) is 11.8 Å². The molecule has 1 aliphatic heterocycles. The molecule has 0 spiro atoms. The van der Waals surface area contributed by atoms with Gasteiger partial charge in [-0.3, -0.25) is 14.9 Å². The summed E-state index contributed by atoms with van der Waals surface area (Å²) in [6.45, 7) is 0. The molecule has 0 aliphatic carbocycles. The number of amides is 4. The Hall–Kier alpha value is -3.85. The third kappa shape index (κ3) is 3.38. The van der Waals surface area contributed by atoms with Crippen molar-refractivity contribution in [1.82, 2.24) is 15.5 Å². The zero-order valence-electron chi connectivity index (χ0n) is 14.3. The Morgan fingerprint density at radius 3 is 2.32 bits per heavy atom. The lowest BCUT2D eigenvalue weighted by atomic mass is 10.1. The summed E-state index contributed by atoms with van der Waals surface area (Å²) in [6.07, 6.45) is 1.23. The summed E-state index contributed by atoms with van der Waals surface area (Å²) in [4.78, 5) is 37.8. The number of carbonyl (C=O) groups excluding carboxylic acids is 3. The zero-order chi connectivity index (χ0) is 19.5. The summed E-state index contributed by atoms with van der Waals surface area (Å²) in [7, 11) is 0. The molecule has 0 bridgehead atoms. The Labute approximate surface area is 163 Å². The van der Waals surface area contributed by atoms with Crippen LogP contribution in [0.15, 0.2) is 72.4 Å². The molecule has 0 radical (unpaired) electrons. The van der Waals surface area contributed by atoms with Crippen molar-refractivity contribution in [3.63, 3.8) is 0 Å². The maximum atomic E-state index is 12.7. The molecule has 0 atom stereocenters. The quantitative estimate of drug-likeness (QED) is 0.523. The van der Waals surface area contributed by atoms with Crippen LogP contribution in [0.4, 0.5) is 15.6 Å². The fraction of sp³-hybridized carbons (Fsp3) is 0. The minimum atomic E-state index is -0.791. The summed E-state index contributed by atoms with van der Waals surface area (Å²) in [5.74, 6) is -1.50. The molecule has 0 unspecified atom stereocenters. The van der Waals surface area contributed by atoms with Gasteiger partial charge >= 0.3 is 6.03 Å². The van der Waals surface area contributed by atoms with Gasteiger partial charge in [0.2, 0.25) is 5.13 Å². The predicted molar refractivity (Wildman–Crippen MR) is 105 cm³/mol. The van der Waals surface area contributed by atoms with Crippen molar-refractivity contribution in [1.29, 1.82) is 0 Å². The van der Waals surface area contributed by atoms with Crippen LogP contribution in [0.2, 0.25) is 0 Å². The van der Waals surface area contributed by atoms with Crippen LogP contribution in [0.3, 0.4) is 0 Å². The lowest BCUT2D eigenvalue weighted by Crippen LogP contribution is -2.54. The number of nitrogens with zero attached hydrogens (tertiary/aromatic N) is 3. The van der Waals surface area contributed by atoms with E-state index in [2.05, 4.69) is 20.8 Å². The largest absolute Gasteiger partial charge is 0.336 e. The van der Waals surface area contributed by atoms with Gasteiger partial charge in [-0.25, -0.2) is 9.69 Å². The number of urea groups is 1. The number of aromatic nitrogens is 2. The van der Waals surface area contributed by atoms with Crippen molar-refractivity contribution in [2.45, 2.75) is 0 Å². The first-order valence-corrected chi connectivity index (χ1v) is 9.05. The normalized spacial score (nSPS) is 15.6. The molecule has 2 heterocycles. The number of imide groups is 2. The smallest absolute Gasteiger partial charge is 0.335 e. The Balaban J connectivity index is 1.57. The first-order chi connectivity index (χ1) is 13.6. The second-order valence-corrected chi connectivity index (χ2v) is 6.69. The maximum absolute atomic E-state index is 12.7. The highest BCUT2D eigenvalue weighted by Gasteiger charge is 2.36. The van der Waals surface area contributed by atoms with E-state index in [1.165, 1.54) is 17.5 Å². The first-order valence-electron chi connectivity index (χ1n) is 8.24. The molecule has 8 nitrogen and oxygen atoms in total. The maximum Gasteiger partial charge on any atom is 0.335 e. The number of hydrogen-bond donors (Lipinski definition) is 2. The highest BCUT2D eigenvalue weighted by molar-refractivity contribution is 7.18. The lowest BCUT2D eigenvalue weighted by Gasteiger charge is -2.26. The molecule has 1 fully saturated rings. The molecule has 138 valence electrons. The number of benzene rings is 2. The van der Waals surface area contributed by atoms with Crippen LogP contribution in [0.1, 0.15) is 0 Å². The SMILES string of the molecule is O=C1NC(=O)N(c2ccccc2)C(=O)C1=CNc1nnc(-c2ccccc2)s1. The number of carbonyl (C=O) groups is 3. The Bertz CT molecular complexity index is 1080. The second-order valence-electron chi connectivity index (χ2n) is 5.72. The molecular weight excluding hydrogens is 378 g/mol. The van der Waals surface area contributed by atoms with Gasteiger partial charge in [-0.05, 0) is 12.1 Å². The Morgan fingerprint density at radius 2 is 1.61 bits per heavy atom. The molecule has 4 amide bonds. The number of para-hydroxylation sites is 1. The van der Waals surface area contributed by atoms with E-state index >= 15 is 0 Å². The molecule has 2 aromatic carbocycles. The van der Waals surface area contributed by atoms with Crippen LogP contribution in [0, 0.1) is 0 Å². The van der Waals surface area contributed by atoms with E-state index < -0.39 is 17.8 Å². The van der Waals surface area contributed by atoms with Crippen molar-refractivity contribution in [2.24, 2.45) is 0 Å². The van der Waals surface area contributed by atoms with Crippen LogP contribution < -0.4 is 15.5 Å². The van der Waals surface area contributed by atoms with Gasteiger partial charge in [0.15, 0.2) is 0 Å². The van der Waals surface area contributed by atoms with Gasteiger partial charge in [0.25, 0.3) is 11.8 Å². The number of rotatable bonds is 4. The van der Waals surface area contributed by atoms with E-state index in [0.717, 1.165) is 10.5 Å². The third-order valence-electron chi connectivity index (χ3n) is 3.90. The fourth-order valence-corrected chi connectivity index (χ4v) is 3.30. The summed E-state index contributed by atoms with van der Waals surface area (Å²) in [6, 6.07) is 17.1. The average Bonchev–Trinajstić information content (AvgIpc) is 3.18. The summed E-state index contributed by atoms with van der Waals surface area (Å²) in [5, 5.41) is 14.2. The van der Waals surface area contributed by atoms with Crippen molar-refractivity contribution in [2.75, 3.05) is 10.2 Å². The molecule has 9 heteroatoms. The zero-order valence-corrected chi connectivity index (χ0v) is 15.1. The molecule has 4 rings (SSSR count). The average molecular weight is 391 g/mol. The fourth-order valence-electron chi connectivity index (χ4n) is 2.58. The van der Waals surface area contributed by atoms with Gasteiger partial charge in [-0.2, -0.15) is 0 Å². The minimum Gasteiger partial charge on any atom is -0.336 e. The van der Waals surface area contributed by atoms with E-state index in [4.69, 9.17) is 0 Å². The second kappa shape index (κ2) is 7.41. The third-order valence-corrected chi connectivity index (χ3v) is 4.81. The van der Waals surface area contributed by atoms with Crippen molar-refractivity contribution in [3.8, 4) is 10.6 Å². The van der Waals surface area contributed by atoms with E-state index in [1.54, 1.807) is 30.3 Å². The lowest BCUT2D eigenvalue weighted by molar-refractivity contribution is -0.122. The Morgan fingerprint density at radius 1 is 0.929 bits per heavy atom. The monoisotopic (exact) mass is 391 g/mol. The van der Waals surface area contributed by atoms with E-state index in [9.17, 15) is 14.4 Å². The summed E-state index contributed by atoms with van der Waals surface area (Å²) < 4.78 is 0. The predicted octanol–water partition coefficient (Wildman–Crippen LogP) is 2.78. The van der Waals surface area contributed by atoms with Crippen LogP contribution >= 0.6 is 11.3 Å². The van der Waals surface area contributed by atoms with Gasteiger partial charge in [-0.1, -0.05) is 59.9 Å². The van der Waals surface area contributed by atoms with Gasteiger partial charge < -0.3 is 5.32 Å². The van der Waals surface area contributed by atoms with Gasteiger partial charge in [0.1, 0.15) is 10.6 Å². The molecular formula is C19H13N5O3S. The van der Waals surface area contributed by atoms with E-state index in [-0.39, 0.29) is 5.57 Å². The van der Waals surface area contributed by atoms with E-state index in [0.29, 0.717) is 15.8 Å². The molecule has 0 saturated carbocycles. The minimum absolute atomic E-state index is 0.208. The highest BCUT2D eigenvalue weighted by Crippen LogP contribution is 2.26. The number of nitrogens with one attached hydrogen (secondary N) is 2. The number of barbiturate groups is 1. The molecule has 1 aliphatic rings. The highest BCUT2D eigenvalue weighted by atomic mass is 32.1. The Kier molecular flexibility index (Phi) is 4.65. The van der Waals surface area contributed by atoms with Crippen LogP contribution in [-0.4, -0.2) is 28.0 Å². The molecule has 1 aromatic heterocycles. The molecule has 3 aromatic rings. The van der Waals surface area contributed by atoms with Crippen LogP contribution in [0.25, 0.3) is 10.6 Å². The van der Waals surface area contributed by atoms with Gasteiger partial charge in [-0.15, -0.1) is 10.2 Å². The standard InChI is InChI=1S/C19H13N5O3S/c25-15-14(17(26)24(19(27)21-15)13-9-5-2-6-10-13)11-20-18-23-22-16(28-18)12-7-3-1-4-8-12/h1-11H,(H,20,23)(H,21,25,27). The molecule has 28 heavy (non-hydrogen) atoms. The molecule has 2 N–H and O–H groups in total. The van der Waals surface area contributed by atoms with Crippen molar-refractivity contribution < 1.29 is 14.4 Å². The number of anilines is 2. The van der Waals surface area contributed by atoms with Crippen molar-refractivity contribution >= 4 is 40.0 Å². The van der Waals surface area contributed by atoms with Crippen LogP contribution in [-0.2, 0) is 9.59 Å². The summed E-state index contributed by atoms with van der Waals surface area (Å²) in [5.41, 5.74) is 1.07. The van der Waals surface area contributed by atoms with Crippen LogP contribution in [0.5, 0.6) is 0 Å². The van der Waals surface area contributed by atoms with E-state index in [1.807, 2.05) is 30.3 Å². The topological polar surface area (TPSA) is 104 Å². The number of hydrogen-bond acceptors (Lipinski definition) is 7. The van der Waals surface area contributed by atoms with Gasteiger partial charge in [0.05, 0.1) is 5.69 Å². The molecule has 1 saturated heterocycles. The first kappa shape index (κ1) is 17.6.